The second kappa shape index (κ2) is 7.74. The maximum atomic E-state index is 11.8. The molecule has 1 N–H and O–H groups in total. The van der Waals surface area contributed by atoms with Crippen molar-refractivity contribution in [1.82, 2.24) is 10.3 Å². The molecule has 0 radical (unpaired) electrons. The van der Waals surface area contributed by atoms with E-state index in [2.05, 4.69) is 30.2 Å². The molecule has 4 nitrogen and oxygen atoms in total. The van der Waals surface area contributed by atoms with Crippen LogP contribution in [-0.2, 0) is 22.7 Å². The zero-order valence-corrected chi connectivity index (χ0v) is 13.7. The van der Waals surface area contributed by atoms with Gasteiger partial charge < -0.3 is 5.32 Å². The molecule has 1 heterocycles. The molecule has 0 aromatic carbocycles. The smallest absolute Gasteiger partial charge is 0.151 e. The van der Waals surface area contributed by atoms with Crippen LogP contribution in [0.4, 0.5) is 0 Å². The van der Waals surface area contributed by atoms with Gasteiger partial charge in [-0.2, -0.15) is 0 Å². The lowest BCUT2D eigenvalue weighted by Crippen LogP contribution is -2.44. The molecule has 0 saturated heterocycles. The van der Waals surface area contributed by atoms with Crippen LogP contribution >= 0.6 is 0 Å². The molecule has 1 aromatic rings. The first-order valence-electron chi connectivity index (χ1n) is 7.24. The van der Waals surface area contributed by atoms with Crippen molar-refractivity contribution in [3.63, 3.8) is 0 Å². The molecular formula is C15H26N2O2S. The Hall–Kier alpha value is -0.940. The van der Waals surface area contributed by atoms with Crippen LogP contribution in [0.5, 0.6) is 0 Å². The second-order valence-corrected chi connectivity index (χ2v) is 7.71. The largest absolute Gasteiger partial charge is 0.312 e. The Labute approximate surface area is 122 Å². The van der Waals surface area contributed by atoms with Crippen molar-refractivity contribution >= 4 is 9.84 Å². The first kappa shape index (κ1) is 17.1. The number of nitrogens with zero attached hydrogens (tertiary/aromatic N) is 1. The maximum absolute atomic E-state index is 11.8. The van der Waals surface area contributed by atoms with Crippen LogP contribution in [0.15, 0.2) is 18.3 Å². The highest BCUT2D eigenvalue weighted by Crippen LogP contribution is 2.11. The summed E-state index contributed by atoms with van der Waals surface area (Å²) in [4.78, 5) is 4.43. The Morgan fingerprint density at radius 2 is 2.00 bits per heavy atom. The number of sulfone groups is 1. The lowest BCUT2D eigenvalue weighted by atomic mass is 10.1. The van der Waals surface area contributed by atoms with Gasteiger partial charge in [0.1, 0.15) is 0 Å². The Morgan fingerprint density at radius 1 is 1.30 bits per heavy atom. The van der Waals surface area contributed by atoms with Crippen molar-refractivity contribution in [1.29, 1.82) is 0 Å². The van der Waals surface area contributed by atoms with E-state index in [1.807, 2.05) is 12.3 Å². The summed E-state index contributed by atoms with van der Waals surface area (Å²) in [6, 6.07) is 3.96. The number of nitrogens with one attached hydrogen (secondary N) is 1. The number of pyridine rings is 1. The highest BCUT2D eigenvalue weighted by atomic mass is 32.2. The van der Waals surface area contributed by atoms with Crippen LogP contribution < -0.4 is 5.32 Å². The van der Waals surface area contributed by atoms with Gasteiger partial charge in [-0.15, -0.1) is 0 Å². The van der Waals surface area contributed by atoms with Gasteiger partial charge in [0.15, 0.2) is 9.84 Å². The first-order chi connectivity index (χ1) is 9.38. The Bertz CT molecular complexity index is 497. The van der Waals surface area contributed by atoms with E-state index in [1.165, 1.54) is 11.8 Å². The standard InChI is InChI=1S/C15H26N2O2S/c1-5-9-16-15(12(3)20(4,18)19)10-14-8-7-13(6-2)11-17-14/h7-8,11-12,15-16H,5-6,9-10H2,1-4H3. The van der Waals surface area contributed by atoms with E-state index in [4.69, 9.17) is 0 Å². The Balaban J connectivity index is 2.82. The highest BCUT2D eigenvalue weighted by Gasteiger charge is 2.25. The predicted molar refractivity (Wildman–Crippen MR) is 83.7 cm³/mol. The summed E-state index contributed by atoms with van der Waals surface area (Å²) >= 11 is 0. The van der Waals surface area contributed by atoms with E-state index in [-0.39, 0.29) is 6.04 Å². The average Bonchev–Trinajstić information content (AvgIpc) is 2.42. The molecule has 5 heteroatoms. The van der Waals surface area contributed by atoms with Crippen LogP contribution in [0, 0.1) is 0 Å². The third-order valence-electron chi connectivity index (χ3n) is 3.62. The van der Waals surface area contributed by atoms with E-state index in [0.29, 0.717) is 6.42 Å². The van der Waals surface area contributed by atoms with Crippen molar-refractivity contribution in [3.8, 4) is 0 Å². The summed E-state index contributed by atoms with van der Waals surface area (Å²) in [5.74, 6) is 0. The molecule has 114 valence electrons. The van der Waals surface area contributed by atoms with Crippen LogP contribution in [-0.4, -0.2) is 37.5 Å². The zero-order chi connectivity index (χ0) is 15.2. The van der Waals surface area contributed by atoms with E-state index < -0.39 is 15.1 Å². The normalized spacial score (nSPS) is 15.0. The minimum atomic E-state index is -3.06. The van der Waals surface area contributed by atoms with Gasteiger partial charge in [0.2, 0.25) is 0 Å². The van der Waals surface area contributed by atoms with Gasteiger partial charge in [-0.05, 0) is 37.9 Å². The number of rotatable bonds is 8. The SMILES string of the molecule is CCCNC(Cc1ccc(CC)cn1)C(C)S(C)(=O)=O. The summed E-state index contributed by atoms with van der Waals surface area (Å²) < 4.78 is 23.5. The molecule has 0 aliphatic heterocycles. The predicted octanol–water partition coefficient (Wildman–Crippen LogP) is 1.99. The quantitative estimate of drug-likeness (QED) is 0.797. The van der Waals surface area contributed by atoms with Crippen molar-refractivity contribution in [2.75, 3.05) is 12.8 Å². The van der Waals surface area contributed by atoms with Gasteiger partial charge in [-0.25, -0.2) is 8.42 Å². The Kier molecular flexibility index (Phi) is 6.62. The van der Waals surface area contributed by atoms with Crippen LogP contribution in [0.25, 0.3) is 0 Å². The maximum Gasteiger partial charge on any atom is 0.151 e. The van der Waals surface area contributed by atoms with Crippen LogP contribution in [0.3, 0.4) is 0 Å². The van der Waals surface area contributed by atoms with Crippen molar-refractivity contribution in [2.24, 2.45) is 0 Å². The summed E-state index contributed by atoms with van der Waals surface area (Å²) in [5, 5.41) is 2.92. The lowest BCUT2D eigenvalue weighted by molar-refractivity contribution is 0.478. The van der Waals surface area contributed by atoms with Gasteiger partial charge in [0.05, 0.1) is 5.25 Å². The Morgan fingerprint density at radius 3 is 2.45 bits per heavy atom. The van der Waals surface area contributed by atoms with E-state index in [1.54, 1.807) is 6.92 Å². The van der Waals surface area contributed by atoms with Gasteiger partial charge >= 0.3 is 0 Å². The molecule has 20 heavy (non-hydrogen) atoms. The van der Waals surface area contributed by atoms with Crippen molar-refractivity contribution in [3.05, 3.63) is 29.6 Å². The number of aryl methyl sites for hydroxylation is 1. The minimum absolute atomic E-state index is 0.0927. The van der Waals surface area contributed by atoms with E-state index >= 15 is 0 Å². The third-order valence-corrected chi connectivity index (χ3v) is 5.30. The molecule has 0 spiro atoms. The zero-order valence-electron chi connectivity index (χ0n) is 12.9. The molecule has 0 saturated carbocycles. The van der Waals surface area contributed by atoms with E-state index in [9.17, 15) is 8.42 Å². The fourth-order valence-corrected chi connectivity index (χ4v) is 2.83. The molecule has 0 aliphatic carbocycles. The molecule has 2 atom stereocenters. The number of hydrogen-bond donors (Lipinski definition) is 1. The van der Waals surface area contributed by atoms with Crippen molar-refractivity contribution < 1.29 is 8.42 Å². The molecule has 0 aliphatic rings. The lowest BCUT2D eigenvalue weighted by Gasteiger charge is -2.23. The fraction of sp³-hybridized carbons (Fsp3) is 0.667. The summed E-state index contributed by atoms with van der Waals surface area (Å²) in [7, 11) is -3.06. The van der Waals surface area contributed by atoms with Gasteiger partial charge in [0, 0.05) is 30.6 Å². The summed E-state index contributed by atoms with van der Waals surface area (Å²) in [6.45, 7) is 6.75. The molecule has 1 rings (SSSR count). The number of hydrogen-bond acceptors (Lipinski definition) is 4. The van der Waals surface area contributed by atoms with E-state index in [0.717, 1.165) is 25.1 Å². The molecule has 0 fully saturated rings. The van der Waals surface area contributed by atoms with Crippen LogP contribution in [0.1, 0.15) is 38.4 Å². The van der Waals surface area contributed by atoms with Gasteiger partial charge in [-0.3, -0.25) is 4.98 Å². The summed E-state index contributed by atoms with van der Waals surface area (Å²) in [6.07, 6.45) is 5.75. The summed E-state index contributed by atoms with van der Waals surface area (Å²) in [5.41, 5.74) is 2.13. The van der Waals surface area contributed by atoms with Crippen LogP contribution in [0.2, 0.25) is 0 Å². The topological polar surface area (TPSA) is 59.1 Å². The molecule has 0 amide bonds. The second-order valence-electron chi connectivity index (χ2n) is 5.31. The first-order valence-corrected chi connectivity index (χ1v) is 9.20. The molecule has 1 aromatic heterocycles. The van der Waals surface area contributed by atoms with Gasteiger partial charge in [-0.1, -0.05) is 19.9 Å². The third kappa shape index (κ3) is 5.21. The van der Waals surface area contributed by atoms with Gasteiger partial charge in [0.25, 0.3) is 0 Å². The molecule has 2 unspecified atom stereocenters. The van der Waals surface area contributed by atoms with Crippen molar-refractivity contribution in [2.45, 2.75) is 51.3 Å². The molecule has 0 bridgehead atoms. The average molecular weight is 298 g/mol. The number of aromatic nitrogens is 1. The fourth-order valence-electron chi connectivity index (χ4n) is 2.04. The molecular weight excluding hydrogens is 272 g/mol. The highest BCUT2D eigenvalue weighted by molar-refractivity contribution is 7.91. The monoisotopic (exact) mass is 298 g/mol. The minimum Gasteiger partial charge on any atom is -0.312 e.